The van der Waals surface area contributed by atoms with E-state index < -0.39 is 10.0 Å². The molecule has 1 amide bonds. The molecule has 0 aliphatic carbocycles. The van der Waals surface area contributed by atoms with Crippen LogP contribution in [-0.4, -0.2) is 51.0 Å². The van der Waals surface area contributed by atoms with Crippen LogP contribution < -0.4 is 10.6 Å². The van der Waals surface area contributed by atoms with E-state index in [9.17, 15) is 13.2 Å². The molecule has 0 saturated carbocycles. The minimum Gasteiger partial charge on any atom is -0.379 e. The van der Waals surface area contributed by atoms with Gasteiger partial charge < -0.3 is 15.4 Å². The van der Waals surface area contributed by atoms with Gasteiger partial charge in [0.15, 0.2) is 0 Å². The van der Waals surface area contributed by atoms with E-state index in [2.05, 4.69) is 10.6 Å². The van der Waals surface area contributed by atoms with E-state index in [0.29, 0.717) is 32.0 Å². The van der Waals surface area contributed by atoms with Crippen LogP contribution in [-0.2, 0) is 19.6 Å². The maximum Gasteiger partial charge on any atom is 0.247 e. The molecule has 1 fully saturated rings. The van der Waals surface area contributed by atoms with Gasteiger partial charge in [-0.3, -0.25) is 4.79 Å². The summed E-state index contributed by atoms with van der Waals surface area (Å²) in [4.78, 5) is 12.3. The average molecular weight is 339 g/mol. The molecule has 0 unspecified atom stereocenters. The molecule has 1 aromatic rings. The Morgan fingerprint density at radius 1 is 1.22 bits per heavy atom. The molecule has 3 rings (SSSR count). The van der Waals surface area contributed by atoms with Crippen LogP contribution in [0.3, 0.4) is 0 Å². The van der Waals surface area contributed by atoms with Gasteiger partial charge >= 0.3 is 0 Å². The standard InChI is InChI=1S/C15H21N3O4S/c1-10(2)14-15(19)17-13-9-11(3-4-12(13)16-14)23(20,21)18-5-7-22-8-6-18/h3-4,9-10,14,16H,5-8H2,1-2H3,(H,17,19)/t14-/m1/s1. The molecule has 2 aliphatic rings. The fraction of sp³-hybridized carbons (Fsp3) is 0.533. The van der Waals surface area contributed by atoms with Crippen LogP contribution in [0.4, 0.5) is 11.4 Å². The first-order chi connectivity index (χ1) is 10.9. The molecule has 8 heteroatoms. The Labute approximate surface area is 136 Å². The maximum absolute atomic E-state index is 12.7. The molecule has 2 N–H and O–H groups in total. The zero-order chi connectivity index (χ0) is 16.6. The van der Waals surface area contributed by atoms with Crippen molar-refractivity contribution in [2.75, 3.05) is 36.9 Å². The van der Waals surface area contributed by atoms with Gasteiger partial charge in [0.25, 0.3) is 0 Å². The van der Waals surface area contributed by atoms with Crippen molar-refractivity contribution < 1.29 is 17.9 Å². The second-order valence-corrected chi connectivity index (χ2v) is 8.02. The van der Waals surface area contributed by atoms with Gasteiger partial charge in [-0.25, -0.2) is 8.42 Å². The van der Waals surface area contributed by atoms with E-state index in [1.807, 2.05) is 13.8 Å². The molecule has 1 saturated heterocycles. The summed E-state index contributed by atoms with van der Waals surface area (Å²) in [6, 6.07) is 4.48. The predicted molar refractivity (Wildman–Crippen MR) is 86.9 cm³/mol. The van der Waals surface area contributed by atoms with Gasteiger partial charge in [-0.2, -0.15) is 4.31 Å². The van der Waals surface area contributed by atoms with Gasteiger partial charge in [-0.05, 0) is 24.1 Å². The first kappa shape index (κ1) is 16.2. The number of nitrogens with zero attached hydrogens (tertiary/aromatic N) is 1. The highest BCUT2D eigenvalue weighted by atomic mass is 32.2. The number of nitrogens with one attached hydrogen (secondary N) is 2. The molecule has 0 radical (unpaired) electrons. The van der Waals surface area contributed by atoms with Crippen molar-refractivity contribution in [1.29, 1.82) is 0 Å². The monoisotopic (exact) mass is 339 g/mol. The summed E-state index contributed by atoms with van der Waals surface area (Å²) in [5.41, 5.74) is 1.24. The van der Waals surface area contributed by atoms with E-state index in [1.54, 1.807) is 12.1 Å². The van der Waals surface area contributed by atoms with Crippen molar-refractivity contribution in [3.05, 3.63) is 18.2 Å². The second-order valence-electron chi connectivity index (χ2n) is 6.08. The van der Waals surface area contributed by atoms with Crippen molar-refractivity contribution in [3.63, 3.8) is 0 Å². The Morgan fingerprint density at radius 3 is 2.57 bits per heavy atom. The van der Waals surface area contributed by atoms with E-state index in [0.717, 1.165) is 5.69 Å². The summed E-state index contributed by atoms with van der Waals surface area (Å²) in [6.45, 7) is 5.41. The number of morpholine rings is 1. The Kier molecular flexibility index (Phi) is 4.31. The maximum atomic E-state index is 12.7. The highest BCUT2D eigenvalue weighted by Gasteiger charge is 2.31. The van der Waals surface area contributed by atoms with Gasteiger partial charge in [0.1, 0.15) is 6.04 Å². The molecule has 126 valence electrons. The molecule has 0 aromatic heterocycles. The first-order valence-corrected chi connectivity index (χ1v) is 9.13. The average Bonchev–Trinajstić information content (AvgIpc) is 2.54. The van der Waals surface area contributed by atoms with E-state index >= 15 is 0 Å². The normalized spacial score (nSPS) is 22.4. The summed E-state index contributed by atoms with van der Waals surface area (Å²) < 4.78 is 31.9. The Balaban J connectivity index is 1.90. The van der Waals surface area contributed by atoms with Gasteiger partial charge in [0.2, 0.25) is 15.9 Å². The molecule has 1 atom stereocenters. The van der Waals surface area contributed by atoms with Crippen LogP contribution in [0.1, 0.15) is 13.8 Å². The molecule has 7 nitrogen and oxygen atoms in total. The lowest BCUT2D eigenvalue weighted by Gasteiger charge is -2.30. The third-order valence-electron chi connectivity index (χ3n) is 4.12. The van der Waals surface area contributed by atoms with Crippen LogP contribution in [0.5, 0.6) is 0 Å². The summed E-state index contributed by atoms with van der Waals surface area (Å²) in [5.74, 6) is -0.00618. The highest BCUT2D eigenvalue weighted by molar-refractivity contribution is 7.89. The third kappa shape index (κ3) is 3.06. The van der Waals surface area contributed by atoms with Crippen LogP contribution >= 0.6 is 0 Å². The lowest BCUT2D eigenvalue weighted by atomic mass is 10.0. The topological polar surface area (TPSA) is 87.7 Å². The molecule has 0 bridgehead atoms. The van der Waals surface area contributed by atoms with Crippen molar-refractivity contribution in [2.24, 2.45) is 5.92 Å². The fourth-order valence-corrected chi connectivity index (χ4v) is 4.20. The highest BCUT2D eigenvalue weighted by Crippen LogP contribution is 2.32. The van der Waals surface area contributed by atoms with Gasteiger partial charge in [0.05, 0.1) is 29.5 Å². The lowest BCUT2D eigenvalue weighted by Crippen LogP contribution is -2.43. The minimum absolute atomic E-state index is 0.139. The van der Waals surface area contributed by atoms with Crippen LogP contribution in [0.2, 0.25) is 0 Å². The van der Waals surface area contributed by atoms with Crippen molar-refractivity contribution >= 4 is 27.3 Å². The number of carbonyl (C=O) groups excluding carboxylic acids is 1. The number of benzene rings is 1. The van der Waals surface area contributed by atoms with Crippen LogP contribution in [0, 0.1) is 5.92 Å². The fourth-order valence-electron chi connectivity index (χ4n) is 2.76. The van der Waals surface area contributed by atoms with Crippen LogP contribution in [0.15, 0.2) is 23.1 Å². The SMILES string of the molecule is CC(C)[C@H]1Nc2ccc(S(=O)(=O)N3CCOCC3)cc2NC1=O. The largest absolute Gasteiger partial charge is 0.379 e. The molecule has 1 aromatic carbocycles. The Bertz CT molecular complexity index is 711. The van der Waals surface area contributed by atoms with Crippen molar-refractivity contribution in [2.45, 2.75) is 24.8 Å². The minimum atomic E-state index is -3.57. The quantitative estimate of drug-likeness (QED) is 0.861. The number of sulfonamides is 1. The molecule has 0 spiro atoms. The number of fused-ring (bicyclic) bond motifs is 1. The summed E-state index contributed by atoms with van der Waals surface area (Å²) in [6.07, 6.45) is 0. The van der Waals surface area contributed by atoms with E-state index in [-0.39, 0.29) is 22.8 Å². The Hall–Kier alpha value is -1.64. The molecular formula is C15H21N3O4S. The number of carbonyl (C=O) groups is 1. The summed E-state index contributed by atoms with van der Waals surface area (Å²) in [7, 11) is -3.57. The van der Waals surface area contributed by atoms with Crippen LogP contribution in [0.25, 0.3) is 0 Å². The second kappa shape index (κ2) is 6.10. The van der Waals surface area contributed by atoms with Crippen molar-refractivity contribution in [1.82, 2.24) is 4.31 Å². The predicted octanol–water partition coefficient (Wildman–Crippen LogP) is 1.10. The zero-order valence-corrected chi connectivity index (χ0v) is 14.0. The smallest absolute Gasteiger partial charge is 0.247 e. The van der Waals surface area contributed by atoms with E-state index in [1.165, 1.54) is 10.4 Å². The van der Waals surface area contributed by atoms with Crippen molar-refractivity contribution in [3.8, 4) is 0 Å². The molecule has 23 heavy (non-hydrogen) atoms. The number of rotatable bonds is 3. The van der Waals surface area contributed by atoms with Gasteiger partial charge in [-0.15, -0.1) is 0 Å². The van der Waals surface area contributed by atoms with Gasteiger partial charge in [-0.1, -0.05) is 13.8 Å². The number of hydrogen-bond donors (Lipinski definition) is 2. The Morgan fingerprint density at radius 2 is 1.91 bits per heavy atom. The lowest BCUT2D eigenvalue weighted by molar-refractivity contribution is -0.117. The van der Waals surface area contributed by atoms with E-state index in [4.69, 9.17) is 4.74 Å². The molecule has 2 heterocycles. The number of amides is 1. The summed E-state index contributed by atoms with van der Waals surface area (Å²) >= 11 is 0. The molecule has 2 aliphatic heterocycles. The number of ether oxygens (including phenoxy) is 1. The number of hydrogen-bond acceptors (Lipinski definition) is 5. The first-order valence-electron chi connectivity index (χ1n) is 7.69. The molecular weight excluding hydrogens is 318 g/mol. The number of anilines is 2. The summed E-state index contributed by atoms with van der Waals surface area (Å²) in [5, 5.41) is 5.96. The third-order valence-corrected chi connectivity index (χ3v) is 6.01. The van der Waals surface area contributed by atoms with Gasteiger partial charge in [0, 0.05) is 13.1 Å². The zero-order valence-electron chi connectivity index (χ0n) is 13.2.